The Morgan fingerprint density at radius 2 is 2.00 bits per heavy atom. The Kier molecular flexibility index (Phi) is 3.36. The van der Waals surface area contributed by atoms with Gasteiger partial charge in [0.25, 0.3) is 0 Å². The van der Waals surface area contributed by atoms with Gasteiger partial charge in [-0.3, -0.25) is 4.90 Å². The highest BCUT2D eigenvalue weighted by molar-refractivity contribution is 4.94. The number of hydrogen-bond acceptors (Lipinski definition) is 2. The van der Waals surface area contributed by atoms with E-state index in [0.717, 1.165) is 12.6 Å². The van der Waals surface area contributed by atoms with Crippen LogP contribution in [0.2, 0.25) is 0 Å². The summed E-state index contributed by atoms with van der Waals surface area (Å²) in [5.74, 6) is 0. The second-order valence-electron chi connectivity index (χ2n) is 6.02. The van der Waals surface area contributed by atoms with Gasteiger partial charge in [-0.05, 0) is 37.6 Å². The van der Waals surface area contributed by atoms with Crippen molar-refractivity contribution in [1.82, 2.24) is 4.90 Å². The summed E-state index contributed by atoms with van der Waals surface area (Å²) in [5.41, 5.74) is 6.39. The smallest absolute Gasteiger partial charge is 0.0222 e. The first kappa shape index (κ1) is 11.4. The van der Waals surface area contributed by atoms with Crippen molar-refractivity contribution in [2.45, 2.75) is 64.5 Å². The monoisotopic (exact) mass is 210 g/mol. The molecule has 88 valence electrons. The molecule has 2 rings (SSSR count). The molecule has 1 saturated heterocycles. The van der Waals surface area contributed by atoms with Crippen LogP contribution in [0.25, 0.3) is 0 Å². The molecule has 0 aromatic heterocycles. The van der Waals surface area contributed by atoms with E-state index in [0.29, 0.717) is 11.5 Å². The van der Waals surface area contributed by atoms with E-state index in [9.17, 15) is 0 Å². The van der Waals surface area contributed by atoms with E-state index in [1.807, 2.05) is 0 Å². The lowest BCUT2D eigenvalue weighted by atomic mass is 9.72. The molecular weight excluding hydrogens is 184 g/mol. The summed E-state index contributed by atoms with van der Waals surface area (Å²) in [6.07, 6.45) is 8.30. The minimum Gasteiger partial charge on any atom is -0.329 e. The van der Waals surface area contributed by atoms with Gasteiger partial charge < -0.3 is 5.73 Å². The van der Waals surface area contributed by atoms with Crippen molar-refractivity contribution in [3.63, 3.8) is 0 Å². The summed E-state index contributed by atoms with van der Waals surface area (Å²) in [6.45, 7) is 7.04. The van der Waals surface area contributed by atoms with Crippen LogP contribution in [0.5, 0.6) is 0 Å². The largest absolute Gasteiger partial charge is 0.329 e. The van der Waals surface area contributed by atoms with Crippen LogP contribution >= 0.6 is 0 Å². The Bertz CT molecular complexity index is 213. The third-order valence-corrected chi connectivity index (χ3v) is 4.55. The number of nitrogens with two attached hydrogens (primary N) is 1. The van der Waals surface area contributed by atoms with Gasteiger partial charge in [-0.15, -0.1) is 0 Å². The number of hydrogen-bond donors (Lipinski definition) is 1. The zero-order valence-corrected chi connectivity index (χ0v) is 10.3. The van der Waals surface area contributed by atoms with E-state index in [-0.39, 0.29) is 0 Å². The van der Waals surface area contributed by atoms with E-state index in [1.54, 1.807) is 0 Å². The summed E-state index contributed by atoms with van der Waals surface area (Å²) in [5, 5.41) is 0. The fourth-order valence-corrected chi connectivity index (χ4v) is 3.61. The fraction of sp³-hybridized carbons (Fsp3) is 1.00. The fourth-order valence-electron chi connectivity index (χ4n) is 3.61. The molecular formula is C13H26N2. The first-order valence-corrected chi connectivity index (χ1v) is 6.61. The lowest BCUT2D eigenvalue weighted by Gasteiger charge is -2.46. The molecule has 2 N–H and O–H groups in total. The second-order valence-corrected chi connectivity index (χ2v) is 6.02. The van der Waals surface area contributed by atoms with Crippen LogP contribution in [0, 0.1) is 5.41 Å². The maximum absolute atomic E-state index is 5.88. The van der Waals surface area contributed by atoms with Crippen LogP contribution in [0.3, 0.4) is 0 Å². The topological polar surface area (TPSA) is 29.3 Å². The molecule has 0 amide bonds. The standard InChI is InChI=1S/C13H26N2/c1-13(2)8-4-3-7-12(13)15-9-5-6-11(15)10-14/h11-12H,3-10,14H2,1-2H3. The highest BCUT2D eigenvalue weighted by Gasteiger charge is 2.40. The Morgan fingerprint density at radius 1 is 1.20 bits per heavy atom. The molecule has 0 bridgehead atoms. The highest BCUT2D eigenvalue weighted by Crippen LogP contribution is 2.40. The predicted molar refractivity (Wildman–Crippen MR) is 64.8 cm³/mol. The molecule has 15 heavy (non-hydrogen) atoms. The van der Waals surface area contributed by atoms with E-state index in [2.05, 4.69) is 18.7 Å². The van der Waals surface area contributed by atoms with Crippen molar-refractivity contribution in [2.24, 2.45) is 11.1 Å². The zero-order chi connectivity index (χ0) is 10.9. The highest BCUT2D eigenvalue weighted by atomic mass is 15.2. The van der Waals surface area contributed by atoms with Gasteiger partial charge in [0, 0.05) is 18.6 Å². The molecule has 2 fully saturated rings. The molecule has 1 saturated carbocycles. The Balaban J connectivity index is 2.07. The Hall–Kier alpha value is -0.0800. The van der Waals surface area contributed by atoms with E-state index >= 15 is 0 Å². The van der Waals surface area contributed by atoms with Crippen LogP contribution in [0.4, 0.5) is 0 Å². The predicted octanol–water partition coefficient (Wildman–Crippen LogP) is 2.38. The van der Waals surface area contributed by atoms with Crippen molar-refractivity contribution in [3.05, 3.63) is 0 Å². The molecule has 0 spiro atoms. The average Bonchev–Trinajstić information content (AvgIpc) is 2.64. The number of likely N-dealkylation sites (tertiary alicyclic amines) is 1. The Labute approximate surface area is 94.2 Å². The van der Waals surface area contributed by atoms with Crippen molar-refractivity contribution in [1.29, 1.82) is 0 Å². The van der Waals surface area contributed by atoms with Gasteiger partial charge >= 0.3 is 0 Å². The third kappa shape index (κ3) is 2.21. The lowest BCUT2D eigenvalue weighted by Crippen LogP contribution is -2.51. The van der Waals surface area contributed by atoms with Crippen LogP contribution in [-0.2, 0) is 0 Å². The van der Waals surface area contributed by atoms with Crippen LogP contribution in [0.1, 0.15) is 52.4 Å². The molecule has 0 aromatic rings. The lowest BCUT2D eigenvalue weighted by molar-refractivity contribution is 0.0421. The minimum absolute atomic E-state index is 0.510. The van der Waals surface area contributed by atoms with Crippen molar-refractivity contribution < 1.29 is 0 Å². The van der Waals surface area contributed by atoms with Gasteiger partial charge in [-0.25, -0.2) is 0 Å². The summed E-state index contributed by atoms with van der Waals surface area (Å²) in [4.78, 5) is 2.72. The Morgan fingerprint density at radius 3 is 2.67 bits per heavy atom. The average molecular weight is 210 g/mol. The maximum Gasteiger partial charge on any atom is 0.0222 e. The first-order chi connectivity index (χ1) is 7.15. The van der Waals surface area contributed by atoms with Gasteiger partial charge in [0.05, 0.1) is 0 Å². The quantitative estimate of drug-likeness (QED) is 0.758. The van der Waals surface area contributed by atoms with Crippen LogP contribution in [-0.4, -0.2) is 30.1 Å². The first-order valence-electron chi connectivity index (χ1n) is 6.61. The molecule has 2 aliphatic rings. The van der Waals surface area contributed by atoms with Gasteiger partial charge in [0.2, 0.25) is 0 Å². The zero-order valence-electron chi connectivity index (χ0n) is 10.3. The van der Waals surface area contributed by atoms with Crippen molar-refractivity contribution in [3.8, 4) is 0 Å². The molecule has 1 aliphatic carbocycles. The molecule has 0 aromatic carbocycles. The van der Waals surface area contributed by atoms with Gasteiger partial charge in [0.1, 0.15) is 0 Å². The number of nitrogens with zero attached hydrogens (tertiary/aromatic N) is 1. The summed E-state index contributed by atoms with van der Waals surface area (Å²) in [6, 6.07) is 1.47. The third-order valence-electron chi connectivity index (χ3n) is 4.55. The van der Waals surface area contributed by atoms with E-state index < -0.39 is 0 Å². The summed E-state index contributed by atoms with van der Waals surface area (Å²) < 4.78 is 0. The summed E-state index contributed by atoms with van der Waals surface area (Å²) >= 11 is 0. The van der Waals surface area contributed by atoms with Crippen LogP contribution in [0.15, 0.2) is 0 Å². The maximum atomic E-state index is 5.88. The normalized spacial score (nSPS) is 37.0. The molecule has 1 aliphatic heterocycles. The van der Waals surface area contributed by atoms with E-state index in [1.165, 1.54) is 45.1 Å². The van der Waals surface area contributed by atoms with Gasteiger partial charge in [0.15, 0.2) is 0 Å². The second kappa shape index (κ2) is 4.42. The van der Waals surface area contributed by atoms with E-state index in [4.69, 9.17) is 5.73 Å². The summed E-state index contributed by atoms with van der Waals surface area (Å²) in [7, 11) is 0. The van der Waals surface area contributed by atoms with Crippen molar-refractivity contribution in [2.75, 3.05) is 13.1 Å². The number of rotatable bonds is 2. The van der Waals surface area contributed by atoms with Crippen LogP contribution < -0.4 is 5.73 Å². The van der Waals surface area contributed by atoms with Gasteiger partial charge in [-0.2, -0.15) is 0 Å². The molecule has 2 atom stereocenters. The molecule has 2 nitrogen and oxygen atoms in total. The SMILES string of the molecule is CC1(C)CCCCC1N1CCCC1CN. The van der Waals surface area contributed by atoms with Crippen molar-refractivity contribution >= 4 is 0 Å². The molecule has 0 radical (unpaired) electrons. The minimum atomic E-state index is 0.510. The van der Waals surface area contributed by atoms with Gasteiger partial charge in [-0.1, -0.05) is 26.7 Å². The molecule has 2 heteroatoms. The molecule has 1 heterocycles. The molecule has 2 unspecified atom stereocenters.